The summed E-state index contributed by atoms with van der Waals surface area (Å²) in [6.45, 7) is 1.65. The van der Waals surface area contributed by atoms with E-state index in [-0.39, 0.29) is 5.56 Å². The van der Waals surface area contributed by atoms with Gasteiger partial charge in [-0.25, -0.2) is 8.78 Å². The van der Waals surface area contributed by atoms with E-state index in [0.29, 0.717) is 0 Å². The maximum absolute atomic E-state index is 13.1. The molecule has 0 amide bonds. The Morgan fingerprint density at radius 1 is 1.23 bits per heavy atom. The zero-order chi connectivity index (χ0) is 10.0. The lowest BCUT2D eigenvalue weighted by molar-refractivity contribution is 0.525. The van der Waals surface area contributed by atoms with Gasteiger partial charge in [0.15, 0.2) is 0 Å². The first-order chi connectivity index (χ1) is 6.02. The molecule has 0 aliphatic rings. The largest absolute Gasteiger partial charge is 0.326 e. The smallest absolute Gasteiger partial charge is 0.128 e. The fourth-order valence-electron chi connectivity index (χ4n) is 1.05. The third kappa shape index (κ3) is 2.23. The van der Waals surface area contributed by atoms with E-state index in [2.05, 4.69) is 0 Å². The summed E-state index contributed by atoms with van der Waals surface area (Å²) in [5.74, 6) is -1.03. The topological polar surface area (TPSA) is 52.0 Å². The molecule has 0 bridgehead atoms. The maximum Gasteiger partial charge on any atom is 0.128 e. The molecule has 4 heteroatoms. The molecule has 72 valence electrons. The fourth-order valence-corrected chi connectivity index (χ4v) is 1.05. The van der Waals surface area contributed by atoms with Crippen LogP contribution in [0.3, 0.4) is 0 Å². The molecule has 13 heavy (non-hydrogen) atoms. The van der Waals surface area contributed by atoms with E-state index >= 15 is 0 Å². The molecule has 1 rings (SSSR count). The van der Waals surface area contributed by atoms with Crippen LogP contribution in [0.15, 0.2) is 18.2 Å². The molecule has 2 atom stereocenters. The van der Waals surface area contributed by atoms with Gasteiger partial charge in [0.05, 0.1) is 0 Å². The third-order valence-electron chi connectivity index (χ3n) is 1.88. The van der Waals surface area contributed by atoms with Crippen LogP contribution in [0.25, 0.3) is 0 Å². The first kappa shape index (κ1) is 10.1. The van der Waals surface area contributed by atoms with E-state index in [1.165, 1.54) is 0 Å². The van der Waals surface area contributed by atoms with E-state index < -0.39 is 23.7 Å². The van der Waals surface area contributed by atoms with Gasteiger partial charge in [0.2, 0.25) is 0 Å². The summed E-state index contributed by atoms with van der Waals surface area (Å²) in [4.78, 5) is 0. The normalized spacial score (nSPS) is 15.5. The van der Waals surface area contributed by atoms with E-state index in [1.54, 1.807) is 6.92 Å². The van der Waals surface area contributed by atoms with Crippen molar-refractivity contribution in [2.24, 2.45) is 11.5 Å². The van der Waals surface area contributed by atoms with Crippen molar-refractivity contribution in [1.82, 2.24) is 0 Å². The van der Waals surface area contributed by atoms with Gasteiger partial charge in [0, 0.05) is 17.6 Å². The Hall–Kier alpha value is -1.00. The number of hydrogen-bond acceptors (Lipinski definition) is 2. The predicted molar refractivity (Wildman–Crippen MR) is 46.9 cm³/mol. The molecule has 0 aliphatic heterocycles. The molecule has 0 saturated heterocycles. The molecule has 0 radical (unpaired) electrons. The average Bonchev–Trinajstić information content (AvgIpc) is 2.08. The van der Waals surface area contributed by atoms with Crippen molar-refractivity contribution < 1.29 is 8.78 Å². The first-order valence-corrected chi connectivity index (χ1v) is 3.98. The van der Waals surface area contributed by atoms with Gasteiger partial charge in [-0.1, -0.05) is 0 Å². The fraction of sp³-hybridized carbons (Fsp3) is 0.333. The second kappa shape index (κ2) is 3.81. The highest BCUT2D eigenvalue weighted by Gasteiger charge is 2.15. The number of benzene rings is 1. The van der Waals surface area contributed by atoms with Crippen molar-refractivity contribution in [2.45, 2.75) is 19.0 Å². The van der Waals surface area contributed by atoms with Gasteiger partial charge >= 0.3 is 0 Å². The standard InChI is InChI=1S/C9H12F2N2/c1-5(12)9(13)7-4-6(10)2-3-8(7)11/h2-5,9H,12-13H2,1H3. The van der Waals surface area contributed by atoms with Crippen molar-refractivity contribution in [3.63, 3.8) is 0 Å². The van der Waals surface area contributed by atoms with Crippen molar-refractivity contribution in [1.29, 1.82) is 0 Å². The molecule has 0 aliphatic carbocycles. The van der Waals surface area contributed by atoms with Gasteiger partial charge in [-0.15, -0.1) is 0 Å². The van der Waals surface area contributed by atoms with Crippen molar-refractivity contribution in [2.75, 3.05) is 0 Å². The molecule has 2 nitrogen and oxygen atoms in total. The number of halogens is 2. The molecule has 0 spiro atoms. The second-order valence-corrected chi connectivity index (χ2v) is 3.05. The minimum absolute atomic E-state index is 0.120. The van der Waals surface area contributed by atoms with Gasteiger partial charge in [-0.2, -0.15) is 0 Å². The van der Waals surface area contributed by atoms with Crippen LogP contribution in [-0.2, 0) is 0 Å². The zero-order valence-electron chi connectivity index (χ0n) is 7.30. The summed E-state index contributed by atoms with van der Waals surface area (Å²) in [6.07, 6.45) is 0. The minimum atomic E-state index is -0.671. The maximum atomic E-state index is 13.1. The third-order valence-corrected chi connectivity index (χ3v) is 1.88. The summed E-state index contributed by atoms with van der Waals surface area (Å²) in [7, 11) is 0. The summed E-state index contributed by atoms with van der Waals surface area (Å²) in [5.41, 5.74) is 11.2. The molecule has 0 aromatic heterocycles. The first-order valence-electron chi connectivity index (χ1n) is 3.98. The average molecular weight is 186 g/mol. The number of hydrogen-bond donors (Lipinski definition) is 2. The molecule has 2 unspecified atom stereocenters. The van der Waals surface area contributed by atoms with Crippen LogP contribution >= 0.6 is 0 Å². The summed E-state index contributed by atoms with van der Waals surface area (Å²) >= 11 is 0. The van der Waals surface area contributed by atoms with E-state index in [0.717, 1.165) is 18.2 Å². The molecule has 0 saturated carbocycles. The van der Waals surface area contributed by atoms with Gasteiger partial charge in [-0.3, -0.25) is 0 Å². The Bertz CT molecular complexity index is 300. The van der Waals surface area contributed by atoms with Gasteiger partial charge in [-0.05, 0) is 25.1 Å². The highest BCUT2D eigenvalue weighted by Crippen LogP contribution is 2.18. The quantitative estimate of drug-likeness (QED) is 0.731. The van der Waals surface area contributed by atoms with Crippen LogP contribution in [0.5, 0.6) is 0 Å². The Labute approximate surface area is 75.5 Å². The highest BCUT2D eigenvalue weighted by atomic mass is 19.1. The molecular weight excluding hydrogens is 174 g/mol. The highest BCUT2D eigenvalue weighted by molar-refractivity contribution is 5.23. The van der Waals surface area contributed by atoms with Crippen molar-refractivity contribution in [3.05, 3.63) is 35.4 Å². The molecule has 1 aromatic rings. The molecular formula is C9H12F2N2. The lowest BCUT2D eigenvalue weighted by atomic mass is 10.0. The van der Waals surface area contributed by atoms with E-state index in [4.69, 9.17) is 11.5 Å². The molecule has 1 aromatic carbocycles. The van der Waals surface area contributed by atoms with Crippen LogP contribution in [0.2, 0.25) is 0 Å². The monoisotopic (exact) mass is 186 g/mol. The van der Waals surface area contributed by atoms with Gasteiger partial charge in [0.1, 0.15) is 11.6 Å². The van der Waals surface area contributed by atoms with Crippen LogP contribution < -0.4 is 11.5 Å². The van der Waals surface area contributed by atoms with Gasteiger partial charge < -0.3 is 11.5 Å². The van der Waals surface area contributed by atoms with Crippen molar-refractivity contribution in [3.8, 4) is 0 Å². The summed E-state index contributed by atoms with van der Waals surface area (Å²) < 4.78 is 25.8. The second-order valence-electron chi connectivity index (χ2n) is 3.05. The molecule has 0 heterocycles. The van der Waals surface area contributed by atoms with Crippen LogP contribution in [0.1, 0.15) is 18.5 Å². The van der Waals surface area contributed by atoms with Gasteiger partial charge in [0.25, 0.3) is 0 Å². The predicted octanol–water partition coefficient (Wildman–Crippen LogP) is 1.31. The van der Waals surface area contributed by atoms with Crippen LogP contribution in [-0.4, -0.2) is 6.04 Å². The van der Waals surface area contributed by atoms with Crippen molar-refractivity contribution >= 4 is 0 Å². The Kier molecular flexibility index (Phi) is 2.95. The lowest BCUT2D eigenvalue weighted by Gasteiger charge is -2.16. The Morgan fingerprint density at radius 3 is 2.38 bits per heavy atom. The van der Waals surface area contributed by atoms with E-state index in [9.17, 15) is 8.78 Å². The molecule has 0 fully saturated rings. The minimum Gasteiger partial charge on any atom is -0.326 e. The zero-order valence-corrected chi connectivity index (χ0v) is 7.30. The Balaban J connectivity index is 3.05. The number of rotatable bonds is 2. The number of nitrogens with two attached hydrogens (primary N) is 2. The SMILES string of the molecule is CC(N)C(N)c1cc(F)ccc1F. The summed E-state index contributed by atoms with van der Waals surface area (Å²) in [5, 5.41) is 0. The summed E-state index contributed by atoms with van der Waals surface area (Å²) in [6, 6.07) is 2.09. The van der Waals surface area contributed by atoms with Crippen LogP contribution in [0, 0.1) is 11.6 Å². The molecule has 4 N–H and O–H groups in total. The van der Waals surface area contributed by atoms with Crippen LogP contribution in [0.4, 0.5) is 8.78 Å². The lowest BCUT2D eigenvalue weighted by Crippen LogP contribution is -2.31. The van der Waals surface area contributed by atoms with E-state index in [1.807, 2.05) is 0 Å². The Morgan fingerprint density at radius 2 is 1.85 bits per heavy atom.